The molecular weight excluding hydrogens is 242 g/mol. The number of nitrogens with zero attached hydrogens (tertiary/aromatic N) is 1. The molecule has 0 spiro atoms. The fourth-order valence-electron chi connectivity index (χ4n) is 1.73. The van der Waals surface area contributed by atoms with E-state index in [9.17, 15) is 4.79 Å². The Kier molecular flexibility index (Phi) is 4.30. The summed E-state index contributed by atoms with van der Waals surface area (Å²) in [5.41, 5.74) is 6.28. The smallest absolute Gasteiger partial charge is 0.221 e. The van der Waals surface area contributed by atoms with Crippen LogP contribution in [0.15, 0.2) is 40.9 Å². The number of hydrogen-bond donors (Lipinski definition) is 2. The largest absolute Gasteiger partial charge is 0.438 e. The van der Waals surface area contributed by atoms with E-state index in [0.29, 0.717) is 24.6 Å². The summed E-state index contributed by atoms with van der Waals surface area (Å²) >= 11 is 0. The highest BCUT2D eigenvalue weighted by atomic mass is 16.4. The molecule has 0 fully saturated rings. The second-order valence-electron chi connectivity index (χ2n) is 4.26. The van der Waals surface area contributed by atoms with Crippen molar-refractivity contribution >= 4 is 5.91 Å². The van der Waals surface area contributed by atoms with Gasteiger partial charge in [0.15, 0.2) is 5.76 Å². The summed E-state index contributed by atoms with van der Waals surface area (Å²) in [5.74, 6) is 1.08. The monoisotopic (exact) mass is 259 g/mol. The molecule has 1 heterocycles. The highest BCUT2D eigenvalue weighted by molar-refractivity contribution is 5.76. The maximum atomic E-state index is 11.4. The van der Waals surface area contributed by atoms with E-state index in [-0.39, 0.29) is 11.9 Å². The van der Waals surface area contributed by atoms with E-state index in [1.165, 1.54) is 0 Å². The second-order valence-corrected chi connectivity index (χ2v) is 4.26. The number of nitrogens with one attached hydrogen (secondary N) is 1. The second kappa shape index (κ2) is 6.15. The minimum Gasteiger partial charge on any atom is -0.438 e. The summed E-state index contributed by atoms with van der Waals surface area (Å²) in [4.78, 5) is 15.6. The Balaban J connectivity index is 2.07. The van der Waals surface area contributed by atoms with E-state index in [2.05, 4.69) is 10.3 Å². The van der Waals surface area contributed by atoms with E-state index in [0.717, 1.165) is 5.56 Å². The van der Waals surface area contributed by atoms with E-state index in [4.69, 9.17) is 10.2 Å². The van der Waals surface area contributed by atoms with Gasteiger partial charge in [0, 0.05) is 18.5 Å². The zero-order valence-electron chi connectivity index (χ0n) is 10.8. The summed E-state index contributed by atoms with van der Waals surface area (Å²) in [5, 5.41) is 2.79. The van der Waals surface area contributed by atoms with Crippen molar-refractivity contribution in [3.05, 3.63) is 42.4 Å². The molecule has 0 aliphatic rings. The van der Waals surface area contributed by atoms with Crippen LogP contribution in [0.25, 0.3) is 11.3 Å². The van der Waals surface area contributed by atoms with Crippen molar-refractivity contribution in [3.8, 4) is 11.3 Å². The normalized spacial score (nSPS) is 12.1. The van der Waals surface area contributed by atoms with E-state index < -0.39 is 0 Å². The van der Waals surface area contributed by atoms with Crippen molar-refractivity contribution in [1.82, 2.24) is 10.3 Å². The maximum Gasteiger partial charge on any atom is 0.221 e. The van der Waals surface area contributed by atoms with Crippen LogP contribution in [0.4, 0.5) is 0 Å². The number of oxazole rings is 1. The minimum absolute atomic E-state index is 0.102. The van der Waals surface area contributed by atoms with Crippen LogP contribution >= 0.6 is 0 Å². The molecule has 1 aromatic carbocycles. The first-order chi connectivity index (χ1) is 9.20. The average molecular weight is 259 g/mol. The molecule has 3 N–H and O–H groups in total. The van der Waals surface area contributed by atoms with Gasteiger partial charge in [-0.25, -0.2) is 4.98 Å². The van der Waals surface area contributed by atoms with Crippen molar-refractivity contribution in [3.63, 3.8) is 0 Å². The van der Waals surface area contributed by atoms with Gasteiger partial charge in [0.05, 0.1) is 6.20 Å². The molecular formula is C14H17N3O2. The summed E-state index contributed by atoms with van der Waals surface area (Å²) in [6.45, 7) is 2.16. The standard InChI is InChI=1S/C14H17N3O2/c1-10(17-13(18)7-8-15)14-16-9-12(19-14)11-5-3-2-4-6-11/h2-6,9-10H,7-8,15H2,1H3,(H,17,18). The van der Waals surface area contributed by atoms with Crippen LogP contribution in [0, 0.1) is 0 Å². The van der Waals surface area contributed by atoms with Crippen LogP contribution in [0.1, 0.15) is 25.3 Å². The van der Waals surface area contributed by atoms with Gasteiger partial charge in [-0.05, 0) is 6.92 Å². The van der Waals surface area contributed by atoms with Gasteiger partial charge in [-0.1, -0.05) is 30.3 Å². The van der Waals surface area contributed by atoms with Crippen LogP contribution in [0.5, 0.6) is 0 Å². The summed E-state index contributed by atoms with van der Waals surface area (Å²) in [7, 11) is 0. The lowest BCUT2D eigenvalue weighted by Gasteiger charge is -2.09. The van der Waals surface area contributed by atoms with Crippen molar-refractivity contribution < 1.29 is 9.21 Å². The summed E-state index contributed by atoms with van der Waals surface area (Å²) in [6, 6.07) is 9.44. The summed E-state index contributed by atoms with van der Waals surface area (Å²) in [6.07, 6.45) is 1.97. The van der Waals surface area contributed by atoms with Crippen LogP contribution in [-0.4, -0.2) is 17.4 Å². The predicted molar refractivity (Wildman–Crippen MR) is 72.2 cm³/mol. The third-order valence-corrected chi connectivity index (χ3v) is 2.70. The maximum absolute atomic E-state index is 11.4. The zero-order valence-corrected chi connectivity index (χ0v) is 10.8. The number of hydrogen-bond acceptors (Lipinski definition) is 4. The lowest BCUT2D eigenvalue weighted by atomic mass is 10.2. The summed E-state index contributed by atoms with van der Waals surface area (Å²) < 4.78 is 5.65. The molecule has 0 aliphatic heterocycles. The highest BCUT2D eigenvalue weighted by Crippen LogP contribution is 2.22. The number of carbonyl (C=O) groups excluding carboxylic acids is 1. The molecule has 1 atom stereocenters. The Hall–Kier alpha value is -2.14. The molecule has 0 saturated carbocycles. The number of rotatable bonds is 5. The first-order valence-corrected chi connectivity index (χ1v) is 6.21. The van der Waals surface area contributed by atoms with Gasteiger partial charge in [-0.2, -0.15) is 0 Å². The first kappa shape index (κ1) is 13.3. The number of nitrogens with two attached hydrogens (primary N) is 1. The van der Waals surface area contributed by atoms with Crippen molar-refractivity contribution in [2.24, 2.45) is 5.73 Å². The van der Waals surface area contributed by atoms with Crippen LogP contribution in [0.2, 0.25) is 0 Å². The van der Waals surface area contributed by atoms with Crippen LogP contribution < -0.4 is 11.1 Å². The molecule has 0 bridgehead atoms. The van der Waals surface area contributed by atoms with Crippen molar-refractivity contribution in [1.29, 1.82) is 0 Å². The number of benzene rings is 1. The molecule has 0 radical (unpaired) electrons. The van der Waals surface area contributed by atoms with Crippen molar-refractivity contribution in [2.75, 3.05) is 6.54 Å². The Labute approximate surface area is 111 Å². The number of carbonyl (C=O) groups is 1. The molecule has 0 aliphatic carbocycles. The Morgan fingerprint density at radius 1 is 1.42 bits per heavy atom. The van der Waals surface area contributed by atoms with Crippen LogP contribution in [-0.2, 0) is 4.79 Å². The molecule has 1 aromatic heterocycles. The molecule has 1 amide bonds. The van der Waals surface area contributed by atoms with Crippen molar-refractivity contribution in [2.45, 2.75) is 19.4 Å². The topological polar surface area (TPSA) is 81.2 Å². The van der Waals surface area contributed by atoms with Gasteiger partial charge in [0.1, 0.15) is 6.04 Å². The Morgan fingerprint density at radius 2 is 2.16 bits per heavy atom. The van der Waals surface area contributed by atoms with E-state index in [1.807, 2.05) is 37.3 Å². The SMILES string of the molecule is CC(NC(=O)CCN)c1ncc(-c2ccccc2)o1. The van der Waals surface area contributed by atoms with Crippen LogP contribution in [0.3, 0.4) is 0 Å². The van der Waals surface area contributed by atoms with Gasteiger partial charge in [-0.3, -0.25) is 4.79 Å². The van der Waals surface area contributed by atoms with Gasteiger partial charge in [-0.15, -0.1) is 0 Å². The van der Waals surface area contributed by atoms with Gasteiger partial charge < -0.3 is 15.5 Å². The quantitative estimate of drug-likeness (QED) is 0.858. The highest BCUT2D eigenvalue weighted by Gasteiger charge is 2.15. The van der Waals surface area contributed by atoms with E-state index in [1.54, 1.807) is 6.20 Å². The Morgan fingerprint density at radius 3 is 2.84 bits per heavy atom. The number of aromatic nitrogens is 1. The fraction of sp³-hybridized carbons (Fsp3) is 0.286. The Bertz CT molecular complexity index is 537. The molecule has 1 unspecified atom stereocenters. The molecule has 5 heteroatoms. The first-order valence-electron chi connectivity index (χ1n) is 6.21. The van der Waals surface area contributed by atoms with Gasteiger partial charge in [0.2, 0.25) is 11.8 Å². The molecule has 0 saturated heterocycles. The van der Waals surface area contributed by atoms with Gasteiger partial charge in [0.25, 0.3) is 0 Å². The third kappa shape index (κ3) is 3.42. The fourth-order valence-corrected chi connectivity index (χ4v) is 1.73. The molecule has 2 rings (SSSR count). The zero-order chi connectivity index (χ0) is 13.7. The molecule has 19 heavy (non-hydrogen) atoms. The number of amides is 1. The van der Waals surface area contributed by atoms with E-state index >= 15 is 0 Å². The van der Waals surface area contributed by atoms with Gasteiger partial charge >= 0.3 is 0 Å². The molecule has 100 valence electrons. The average Bonchev–Trinajstić information content (AvgIpc) is 2.89. The molecule has 2 aromatic rings. The lowest BCUT2D eigenvalue weighted by molar-refractivity contribution is -0.121. The lowest BCUT2D eigenvalue weighted by Crippen LogP contribution is -2.28. The predicted octanol–water partition coefficient (Wildman–Crippen LogP) is 1.87. The molecule has 5 nitrogen and oxygen atoms in total. The minimum atomic E-state index is -0.267. The third-order valence-electron chi connectivity index (χ3n) is 2.70.